The molecule has 0 saturated carbocycles. The zero-order valence-corrected chi connectivity index (χ0v) is 17.1. The van der Waals surface area contributed by atoms with Gasteiger partial charge in [0.05, 0.1) is 16.9 Å². The van der Waals surface area contributed by atoms with E-state index in [0.29, 0.717) is 18.2 Å². The van der Waals surface area contributed by atoms with Crippen molar-refractivity contribution in [2.75, 3.05) is 28.6 Å². The maximum Gasteiger partial charge on any atom is 0.419 e. The van der Waals surface area contributed by atoms with Gasteiger partial charge in [-0.25, -0.2) is 0 Å². The second-order valence-corrected chi connectivity index (χ2v) is 7.37. The molecule has 1 aliphatic heterocycles. The quantitative estimate of drug-likeness (QED) is 0.622. The molecule has 1 aromatic carbocycles. The monoisotopic (exact) mass is 443 g/mol. The number of amides is 1. The molecule has 1 saturated heterocycles. The van der Waals surface area contributed by atoms with Crippen LogP contribution in [-0.2, 0) is 11.0 Å². The number of carbonyl (C=O) groups excluding carboxylic acids is 1. The lowest BCUT2D eigenvalue weighted by atomic mass is 10.0. The van der Waals surface area contributed by atoms with Crippen LogP contribution in [0.1, 0.15) is 18.9 Å². The van der Waals surface area contributed by atoms with Gasteiger partial charge in [-0.3, -0.25) is 4.79 Å². The molecule has 32 heavy (non-hydrogen) atoms. The van der Waals surface area contributed by atoms with Crippen molar-refractivity contribution in [1.29, 1.82) is 0 Å². The van der Waals surface area contributed by atoms with Gasteiger partial charge in [0.1, 0.15) is 5.82 Å². The number of aromatic nitrogens is 4. The predicted molar refractivity (Wildman–Crippen MR) is 113 cm³/mol. The Morgan fingerprint density at radius 3 is 2.59 bits per heavy atom. The number of alkyl halides is 3. The van der Waals surface area contributed by atoms with Crippen LogP contribution in [0.15, 0.2) is 48.7 Å². The van der Waals surface area contributed by atoms with E-state index in [2.05, 4.69) is 31.0 Å². The van der Waals surface area contributed by atoms with Gasteiger partial charge in [0.25, 0.3) is 0 Å². The highest BCUT2D eigenvalue weighted by Gasteiger charge is 2.37. The maximum atomic E-state index is 13.8. The highest BCUT2D eigenvalue weighted by Crippen LogP contribution is 2.41. The molecule has 4 rings (SSSR count). The Kier molecular flexibility index (Phi) is 5.89. The van der Waals surface area contributed by atoms with E-state index in [1.807, 2.05) is 11.0 Å². The molecule has 1 amide bonds. The van der Waals surface area contributed by atoms with E-state index >= 15 is 0 Å². The molecule has 11 heteroatoms. The minimum Gasteiger partial charge on any atom is -0.364 e. The lowest BCUT2D eigenvalue weighted by molar-refractivity contribution is -0.136. The van der Waals surface area contributed by atoms with Crippen LogP contribution in [-0.4, -0.2) is 45.4 Å². The summed E-state index contributed by atoms with van der Waals surface area (Å²) in [5.41, 5.74) is -1.34. The molecule has 0 spiro atoms. The van der Waals surface area contributed by atoms with Crippen molar-refractivity contribution >= 4 is 23.2 Å². The number of rotatable bonds is 5. The Hall–Kier alpha value is -3.76. The predicted octanol–water partition coefficient (Wildman–Crippen LogP) is 3.60. The van der Waals surface area contributed by atoms with Crippen LogP contribution < -0.4 is 15.5 Å². The van der Waals surface area contributed by atoms with E-state index < -0.39 is 17.6 Å². The first-order valence-electron chi connectivity index (χ1n) is 9.92. The molecule has 0 bridgehead atoms. The lowest BCUT2D eigenvalue weighted by Gasteiger charge is -2.19. The van der Waals surface area contributed by atoms with Crippen molar-refractivity contribution in [1.82, 2.24) is 20.4 Å². The third-order valence-corrected chi connectivity index (χ3v) is 5.02. The first kappa shape index (κ1) is 21.5. The second kappa shape index (κ2) is 8.77. The first-order valence-corrected chi connectivity index (χ1v) is 9.92. The van der Waals surface area contributed by atoms with E-state index in [1.54, 1.807) is 18.3 Å². The molecule has 1 aliphatic rings. The van der Waals surface area contributed by atoms with E-state index in [0.717, 1.165) is 19.9 Å². The van der Waals surface area contributed by atoms with E-state index in [4.69, 9.17) is 0 Å². The molecule has 2 N–H and O–H groups in total. The van der Waals surface area contributed by atoms with Crippen LogP contribution >= 0.6 is 0 Å². The second-order valence-electron chi connectivity index (χ2n) is 7.37. The normalized spacial score (nSPS) is 16.1. The summed E-state index contributed by atoms with van der Waals surface area (Å²) in [6.45, 7) is 2.53. The van der Waals surface area contributed by atoms with Gasteiger partial charge in [0.15, 0.2) is 5.82 Å². The third kappa shape index (κ3) is 4.76. The lowest BCUT2D eigenvalue weighted by Crippen LogP contribution is -2.27. The van der Waals surface area contributed by atoms with Crippen LogP contribution in [0.5, 0.6) is 0 Å². The van der Waals surface area contributed by atoms with Crippen LogP contribution in [0.3, 0.4) is 0 Å². The van der Waals surface area contributed by atoms with Crippen molar-refractivity contribution in [2.45, 2.75) is 25.6 Å². The fraction of sp³-hybridized carbons (Fsp3) is 0.286. The number of hydrogen-bond donors (Lipinski definition) is 2. The number of halogens is 3. The van der Waals surface area contributed by atoms with Gasteiger partial charge in [0, 0.05) is 37.8 Å². The third-order valence-electron chi connectivity index (χ3n) is 5.02. The van der Waals surface area contributed by atoms with Gasteiger partial charge in [-0.05, 0) is 36.8 Å². The smallest absolute Gasteiger partial charge is 0.364 e. The number of hydrogen-bond acceptors (Lipinski definition) is 7. The molecule has 8 nitrogen and oxygen atoms in total. The molecule has 1 fully saturated rings. The Balaban J connectivity index is 1.54. The summed E-state index contributed by atoms with van der Waals surface area (Å²) in [4.78, 5) is 13.4. The summed E-state index contributed by atoms with van der Waals surface area (Å²) in [6, 6.07) is 10.9. The standard InChI is InChI=1S/C21H20F3N7O/c1-13(32)26-17-5-2-4-15(20(17)21(22,23)24)16-7-8-19(30-28-16)31-11-9-14(12-31)27-18-6-3-10-25-29-18/h2-8,10,14H,9,11-12H2,1H3,(H,26,32)(H,27,29)/t14-/m1/s1. The summed E-state index contributed by atoms with van der Waals surface area (Å²) < 4.78 is 41.3. The van der Waals surface area contributed by atoms with Crippen LogP contribution in [0.4, 0.5) is 30.5 Å². The molecule has 166 valence electrons. The van der Waals surface area contributed by atoms with Gasteiger partial charge < -0.3 is 15.5 Å². The van der Waals surface area contributed by atoms with Crippen LogP contribution in [0.2, 0.25) is 0 Å². The Labute approximate surface area is 181 Å². The van der Waals surface area contributed by atoms with Crippen molar-refractivity contribution in [3.63, 3.8) is 0 Å². The van der Waals surface area contributed by atoms with Crippen molar-refractivity contribution in [2.24, 2.45) is 0 Å². The number of nitrogens with zero attached hydrogens (tertiary/aromatic N) is 5. The highest BCUT2D eigenvalue weighted by atomic mass is 19.4. The number of nitrogens with one attached hydrogen (secondary N) is 2. The Morgan fingerprint density at radius 2 is 1.94 bits per heavy atom. The van der Waals surface area contributed by atoms with Crippen molar-refractivity contribution in [3.05, 3.63) is 54.2 Å². The van der Waals surface area contributed by atoms with Crippen LogP contribution in [0, 0.1) is 0 Å². The van der Waals surface area contributed by atoms with Gasteiger partial charge in [-0.1, -0.05) is 12.1 Å². The summed E-state index contributed by atoms with van der Waals surface area (Å²) >= 11 is 0. The summed E-state index contributed by atoms with van der Waals surface area (Å²) in [7, 11) is 0. The minimum atomic E-state index is -4.68. The summed E-state index contributed by atoms with van der Waals surface area (Å²) in [5, 5.41) is 21.6. The summed E-state index contributed by atoms with van der Waals surface area (Å²) in [6.07, 6.45) is -2.24. The van der Waals surface area contributed by atoms with E-state index in [9.17, 15) is 18.0 Å². The first-order chi connectivity index (χ1) is 15.3. The molecule has 0 aliphatic carbocycles. The SMILES string of the molecule is CC(=O)Nc1cccc(-c2ccc(N3CC[C@@H](Nc4cccnn4)C3)nn2)c1C(F)(F)F. The van der Waals surface area contributed by atoms with Gasteiger partial charge in [0.2, 0.25) is 5.91 Å². The number of anilines is 3. The molecule has 1 atom stereocenters. The Bertz CT molecular complexity index is 1090. The topological polar surface area (TPSA) is 95.9 Å². The van der Waals surface area contributed by atoms with Gasteiger partial charge in [-0.2, -0.15) is 18.3 Å². The average Bonchev–Trinajstić information content (AvgIpc) is 3.22. The molecular formula is C21H20F3N7O. The molecule has 2 aromatic heterocycles. The fourth-order valence-corrected chi connectivity index (χ4v) is 3.68. The molecule has 0 radical (unpaired) electrons. The molecule has 3 heterocycles. The highest BCUT2D eigenvalue weighted by molar-refractivity contribution is 5.91. The largest absolute Gasteiger partial charge is 0.419 e. The zero-order valence-electron chi connectivity index (χ0n) is 17.1. The molecule has 3 aromatic rings. The Morgan fingerprint density at radius 1 is 1.09 bits per heavy atom. The number of benzene rings is 1. The van der Waals surface area contributed by atoms with Crippen molar-refractivity contribution < 1.29 is 18.0 Å². The van der Waals surface area contributed by atoms with Crippen molar-refractivity contribution in [3.8, 4) is 11.3 Å². The number of carbonyl (C=O) groups is 1. The van der Waals surface area contributed by atoms with E-state index in [-0.39, 0.29) is 23.0 Å². The maximum absolute atomic E-state index is 13.8. The summed E-state index contributed by atoms with van der Waals surface area (Å²) in [5.74, 6) is 0.663. The fourth-order valence-electron chi connectivity index (χ4n) is 3.68. The van der Waals surface area contributed by atoms with Gasteiger partial charge >= 0.3 is 6.18 Å². The molecular weight excluding hydrogens is 423 g/mol. The van der Waals surface area contributed by atoms with Gasteiger partial charge in [-0.15, -0.1) is 15.3 Å². The minimum absolute atomic E-state index is 0.0710. The zero-order chi connectivity index (χ0) is 22.7. The van der Waals surface area contributed by atoms with E-state index in [1.165, 1.54) is 24.3 Å². The van der Waals surface area contributed by atoms with Crippen LogP contribution in [0.25, 0.3) is 11.3 Å². The average molecular weight is 443 g/mol. The molecule has 0 unspecified atom stereocenters.